The SMILES string of the molecule is COc1cc(Cl)c(C)cc1NC(=O)c1ccc(Cl)cc1F. The molecule has 0 aliphatic rings. The molecule has 2 rings (SSSR count). The minimum Gasteiger partial charge on any atom is -0.495 e. The van der Waals surface area contributed by atoms with Crippen LogP contribution in [0.1, 0.15) is 15.9 Å². The van der Waals surface area contributed by atoms with Crippen molar-refractivity contribution in [3.8, 4) is 5.75 Å². The van der Waals surface area contributed by atoms with Crippen molar-refractivity contribution in [2.75, 3.05) is 12.4 Å². The lowest BCUT2D eigenvalue weighted by Gasteiger charge is -2.12. The zero-order valence-corrected chi connectivity index (χ0v) is 12.8. The second-order valence-electron chi connectivity index (χ2n) is 4.38. The lowest BCUT2D eigenvalue weighted by Crippen LogP contribution is -2.14. The summed E-state index contributed by atoms with van der Waals surface area (Å²) in [6.45, 7) is 1.79. The molecule has 0 aliphatic carbocycles. The molecule has 0 saturated heterocycles. The molecule has 3 nitrogen and oxygen atoms in total. The Morgan fingerprint density at radius 1 is 1.24 bits per heavy atom. The number of hydrogen-bond donors (Lipinski definition) is 1. The van der Waals surface area contributed by atoms with E-state index in [1.165, 1.54) is 19.2 Å². The van der Waals surface area contributed by atoms with E-state index in [-0.39, 0.29) is 10.6 Å². The van der Waals surface area contributed by atoms with Crippen LogP contribution in [0.3, 0.4) is 0 Å². The zero-order chi connectivity index (χ0) is 15.6. The van der Waals surface area contributed by atoms with Crippen molar-refractivity contribution in [3.05, 3.63) is 57.3 Å². The molecule has 110 valence electrons. The number of carbonyl (C=O) groups is 1. The number of halogens is 3. The molecule has 1 N–H and O–H groups in total. The molecule has 0 heterocycles. The maximum atomic E-state index is 13.7. The molecule has 0 bridgehead atoms. The van der Waals surface area contributed by atoms with Crippen molar-refractivity contribution in [3.63, 3.8) is 0 Å². The van der Waals surface area contributed by atoms with E-state index < -0.39 is 11.7 Å². The van der Waals surface area contributed by atoms with Gasteiger partial charge in [0.15, 0.2) is 0 Å². The first kappa shape index (κ1) is 15.6. The number of methoxy groups -OCH3 is 1. The van der Waals surface area contributed by atoms with Gasteiger partial charge in [-0.25, -0.2) is 4.39 Å². The van der Waals surface area contributed by atoms with Crippen LogP contribution >= 0.6 is 23.2 Å². The van der Waals surface area contributed by atoms with Gasteiger partial charge in [-0.1, -0.05) is 23.2 Å². The summed E-state index contributed by atoms with van der Waals surface area (Å²) in [5, 5.41) is 3.34. The van der Waals surface area contributed by atoms with Crippen LogP contribution in [0, 0.1) is 12.7 Å². The van der Waals surface area contributed by atoms with E-state index in [4.69, 9.17) is 27.9 Å². The van der Waals surface area contributed by atoms with Crippen LogP contribution in [0.15, 0.2) is 30.3 Å². The van der Waals surface area contributed by atoms with E-state index in [0.29, 0.717) is 16.5 Å². The van der Waals surface area contributed by atoms with Crippen LogP contribution < -0.4 is 10.1 Å². The Hall–Kier alpha value is -1.78. The molecule has 0 aliphatic heterocycles. The normalized spacial score (nSPS) is 10.3. The summed E-state index contributed by atoms with van der Waals surface area (Å²) in [4.78, 5) is 12.1. The topological polar surface area (TPSA) is 38.3 Å². The Balaban J connectivity index is 2.33. The number of aryl methyl sites for hydroxylation is 1. The van der Waals surface area contributed by atoms with Gasteiger partial charge >= 0.3 is 0 Å². The van der Waals surface area contributed by atoms with Crippen LogP contribution in [-0.4, -0.2) is 13.0 Å². The Labute approximate surface area is 131 Å². The maximum Gasteiger partial charge on any atom is 0.258 e. The summed E-state index contributed by atoms with van der Waals surface area (Å²) in [5.41, 5.74) is 1.08. The van der Waals surface area contributed by atoms with Crippen LogP contribution in [0.2, 0.25) is 10.0 Å². The van der Waals surface area contributed by atoms with Gasteiger partial charge in [0, 0.05) is 16.1 Å². The third-order valence-corrected chi connectivity index (χ3v) is 3.55. The number of hydrogen-bond acceptors (Lipinski definition) is 2. The van der Waals surface area contributed by atoms with Crippen molar-refractivity contribution >= 4 is 34.8 Å². The van der Waals surface area contributed by atoms with E-state index >= 15 is 0 Å². The first-order chi connectivity index (χ1) is 9.92. The fraction of sp³-hybridized carbons (Fsp3) is 0.133. The van der Waals surface area contributed by atoms with Gasteiger partial charge in [0.25, 0.3) is 5.91 Å². The highest BCUT2D eigenvalue weighted by atomic mass is 35.5. The predicted octanol–water partition coefficient (Wildman–Crippen LogP) is 4.70. The summed E-state index contributed by atoms with van der Waals surface area (Å²) in [6, 6.07) is 7.10. The first-order valence-corrected chi connectivity index (χ1v) is 6.78. The van der Waals surface area contributed by atoms with Crippen LogP contribution in [0.25, 0.3) is 0 Å². The Morgan fingerprint density at radius 3 is 2.57 bits per heavy atom. The predicted molar refractivity (Wildman–Crippen MR) is 82.1 cm³/mol. The van der Waals surface area contributed by atoms with Gasteiger partial charge in [0.05, 0.1) is 18.4 Å². The van der Waals surface area contributed by atoms with Gasteiger partial charge in [-0.2, -0.15) is 0 Å². The quantitative estimate of drug-likeness (QED) is 0.887. The van der Waals surface area contributed by atoms with Crippen LogP contribution in [0.4, 0.5) is 10.1 Å². The summed E-state index contributed by atoms with van der Waals surface area (Å²) in [5.74, 6) is -0.887. The maximum absolute atomic E-state index is 13.7. The lowest BCUT2D eigenvalue weighted by atomic mass is 10.1. The van der Waals surface area contributed by atoms with E-state index in [2.05, 4.69) is 5.32 Å². The number of rotatable bonds is 3. The Morgan fingerprint density at radius 2 is 1.95 bits per heavy atom. The molecule has 0 unspecified atom stereocenters. The van der Waals surface area contributed by atoms with Gasteiger partial charge in [-0.3, -0.25) is 4.79 Å². The number of ether oxygens (including phenoxy) is 1. The van der Waals surface area contributed by atoms with Crippen molar-refractivity contribution in [1.29, 1.82) is 0 Å². The standard InChI is InChI=1S/C15H12Cl2FNO2/c1-8-5-13(14(21-2)7-11(8)17)19-15(20)10-4-3-9(16)6-12(10)18/h3-7H,1-2H3,(H,19,20). The average Bonchev–Trinajstić information content (AvgIpc) is 2.42. The molecule has 2 aromatic rings. The highest BCUT2D eigenvalue weighted by molar-refractivity contribution is 6.31. The molecule has 0 aromatic heterocycles. The number of nitrogens with one attached hydrogen (secondary N) is 1. The molecule has 6 heteroatoms. The fourth-order valence-corrected chi connectivity index (χ4v) is 2.11. The van der Waals surface area contributed by atoms with Crippen LogP contribution in [-0.2, 0) is 0 Å². The minimum absolute atomic E-state index is 0.103. The van der Waals surface area contributed by atoms with Crippen molar-refractivity contribution in [2.24, 2.45) is 0 Å². The van der Waals surface area contributed by atoms with Crippen LogP contribution in [0.5, 0.6) is 5.75 Å². The monoisotopic (exact) mass is 327 g/mol. The van der Waals surface area contributed by atoms with E-state index in [9.17, 15) is 9.18 Å². The lowest BCUT2D eigenvalue weighted by molar-refractivity contribution is 0.102. The Bertz CT molecular complexity index is 704. The van der Waals surface area contributed by atoms with Crippen molar-refractivity contribution in [1.82, 2.24) is 0 Å². The summed E-state index contributed by atoms with van der Waals surface area (Å²) >= 11 is 11.7. The number of carbonyl (C=O) groups excluding carboxylic acids is 1. The van der Waals surface area contributed by atoms with E-state index in [1.807, 2.05) is 0 Å². The third-order valence-electron chi connectivity index (χ3n) is 2.90. The Kier molecular flexibility index (Phi) is 4.70. The van der Waals surface area contributed by atoms with Gasteiger partial charge in [-0.15, -0.1) is 0 Å². The molecule has 0 spiro atoms. The molecule has 0 fully saturated rings. The van der Waals surface area contributed by atoms with Gasteiger partial charge < -0.3 is 10.1 Å². The first-order valence-electron chi connectivity index (χ1n) is 6.03. The van der Waals surface area contributed by atoms with Gasteiger partial charge in [0.1, 0.15) is 11.6 Å². The fourth-order valence-electron chi connectivity index (χ4n) is 1.79. The van der Waals surface area contributed by atoms with Crippen molar-refractivity contribution in [2.45, 2.75) is 6.92 Å². The van der Waals surface area contributed by atoms with Gasteiger partial charge in [-0.05, 0) is 36.8 Å². The second-order valence-corrected chi connectivity index (χ2v) is 5.22. The number of benzene rings is 2. The average molecular weight is 328 g/mol. The van der Waals surface area contributed by atoms with E-state index in [1.54, 1.807) is 19.1 Å². The molecule has 1 amide bonds. The molecule has 0 atom stereocenters. The van der Waals surface area contributed by atoms with Gasteiger partial charge in [0.2, 0.25) is 0 Å². The molecular weight excluding hydrogens is 316 g/mol. The molecule has 0 saturated carbocycles. The second kappa shape index (κ2) is 6.33. The number of anilines is 1. The molecular formula is C15H12Cl2FNO2. The highest BCUT2D eigenvalue weighted by Gasteiger charge is 2.15. The van der Waals surface area contributed by atoms with Crippen molar-refractivity contribution < 1.29 is 13.9 Å². The largest absolute Gasteiger partial charge is 0.495 e. The third kappa shape index (κ3) is 3.46. The smallest absolute Gasteiger partial charge is 0.258 e. The minimum atomic E-state index is -0.690. The highest BCUT2D eigenvalue weighted by Crippen LogP contribution is 2.31. The summed E-state index contributed by atoms with van der Waals surface area (Å²) < 4.78 is 18.9. The molecule has 21 heavy (non-hydrogen) atoms. The number of amides is 1. The zero-order valence-electron chi connectivity index (χ0n) is 11.3. The van der Waals surface area contributed by atoms with E-state index in [0.717, 1.165) is 11.6 Å². The summed E-state index contributed by atoms with van der Waals surface area (Å²) in [7, 11) is 1.46. The molecule has 0 radical (unpaired) electrons. The summed E-state index contributed by atoms with van der Waals surface area (Å²) in [6.07, 6.45) is 0. The molecule has 2 aromatic carbocycles.